The molecule has 0 saturated carbocycles. The number of ether oxygens (including phenoxy) is 2. The summed E-state index contributed by atoms with van der Waals surface area (Å²) in [5.74, 6) is 0.808. The molecule has 2 rings (SSSR count). The van der Waals surface area contributed by atoms with Gasteiger partial charge in [0.1, 0.15) is 11.0 Å². The Balaban J connectivity index is 1.85. The third-order valence-electron chi connectivity index (χ3n) is 4.43. The molecule has 154 valence electrons. The summed E-state index contributed by atoms with van der Waals surface area (Å²) in [6.07, 6.45) is 0. The van der Waals surface area contributed by atoms with Crippen molar-refractivity contribution in [2.75, 3.05) is 58.0 Å². The summed E-state index contributed by atoms with van der Waals surface area (Å²) in [5.41, 5.74) is 0.669. The predicted molar refractivity (Wildman–Crippen MR) is 109 cm³/mol. The van der Waals surface area contributed by atoms with E-state index >= 15 is 0 Å². The van der Waals surface area contributed by atoms with Crippen LogP contribution in [0.2, 0.25) is 0 Å². The van der Waals surface area contributed by atoms with Gasteiger partial charge in [-0.25, -0.2) is 0 Å². The van der Waals surface area contributed by atoms with E-state index in [-0.39, 0.29) is 36.1 Å². The number of hydrogen-bond acceptors (Lipinski definition) is 7. The summed E-state index contributed by atoms with van der Waals surface area (Å²) in [5, 5.41) is 2.46. The molecule has 8 nitrogen and oxygen atoms in total. The number of methoxy groups -OCH3 is 2. The fourth-order valence-corrected chi connectivity index (χ4v) is 3.93. The molecule has 0 aromatic heterocycles. The van der Waals surface area contributed by atoms with Gasteiger partial charge < -0.3 is 19.7 Å². The minimum atomic E-state index is -0.351. The van der Waals surface area contributed by atoms with Gasteiger partial charge in [-0.3, -0.25) is 19.3 Å². The number of benzene rings is 1. The first kappa shape index (κ1) is 22.0. The van der Waals surface area contributed by atoms with Gasteiger partial charge in [-0.05, 0) is 30.8 Å². The Kier molecular flexibility index (Phi) is 8.59. The summed E-state index contributed by atoms with van der Waals surface area (Å²) < 4.78 is 9.87. The highest BCUT2D eigenvalue weighted by molar-refractivity contribution is 8.00. The second-order valence-corrected chi connectivity index (χ2v) is 7.61. The van der Waals surface area contributed by atoms with Gasteiger partial charge in [0, 0.05) is 24.5 Å². The molecule has 1 N–H and O–H groups in total. The van der Waals surface area contributed by atoms with Gasteiger partial charge >= 0.3 is 5.97 Å². The van der Waals surface area contributed by atoms with Gasteiger partial charge in [-0.2, -0.15) is 0 Å². The van der Waals surface area contributed by atoms with Crippen molar-refractivity contribution in [1.29, 1.82) is 0 Å². The summed E-state index contributed by atoms with van der Waals surface area (Å²) in [4.78, 5) is 40.1. The van der Waals surface area contributed by atoms with E-state index in [9.17, 15) is 14.4 Å². The first-order valence-corrected chi connectivity index (χ1v) is 10.1. The first-order valence-electron chi connectivity index (χ1n) is 9.10. The molecule has 1 atom stereocenters. The number of anilines is 1. The molecule has 1 aliphatic rings. The van der Waals surface area contributed by atoms with Crippen LogP contribution in [0.5, 0.6) is 5.75 Å². The monoisotopic (exact) mass is 409 g/mol. The molecule has 0 bridgehead atoms. The number of rotatable bonds is 8. The lowest BCUT2D eigenvalue weighted by atomic mass is 10.3. The molecule has 0 aliphatic carbocycles. The Morgan fingerprint density at radius 3 is 2.54 bits per heavy atom. The Bertz CT molecular complexity index is 683. The number of likely N-dealkylation sites (N-methyl/N-ethyl adjacent to an activating group) is 1. The lowest BCUT2D eigenvalue weighted by molar-refractivity contribution is -0.141. The summed E-state index contributed by atoms with van der Waals surface area (Å²) in [6, 6.07) is 7.05. The van der Waals surface area contributed by atoms with Crippen LogP contribution in [-0.2, 0) is 19.1 Å². The summed E-state index contributed by atoms with van der Waals surface area (Å²) >= 11 is 1.50. The Labute approximate surface area is 169 Å². The van der Waals surface area contributed by atoms with E-state index in [1.165, 1.54) is 18.9 Å². The van der Waals surface area contributed by atoms with Crippen LogP contribution in [-0.4, -0.2) is 85.5 Å². The lowest BCUT2D eigenvalue weighted by Gasteiger charge is -2.32. The summed E-state index contributed by atoms with van der Waals surface area (Å²) in [7, 11) is 2.93. The second kappa shape index (κ2) is 10.9. The Hall–Kier alpha value is -2.26. The third kappa shape index (κ3) is 6.42. The number of amides is 2. The van der Waals surface area contributed by atoms with Crippen LogP contribution < -0.4 is 10.1 Å². The molecule has 28 heavy (non-hydrogen) atoms. The lowest BCUT2D eigenvalue weighted by Crippen LogP contribution is -2.49. The van der Waals surface area contributed by atoms with Gasteiger partial charge in [-0.1, -0.05) is 6.92 Å². The first-order chi connectivity index (χ1) is 13.5. The van der Waals surface area contributed by atoms with Crippen LogP contribution in [0, 0.1) is 0 Å². The van der Waals surface area contributed by atoms with Crippen molar-refractivity contribution < 1.29 is 23.9 Å². The summed E-state index contributed by atoms with van der Waals surface area (Å²) in [6.45, 7) is 3.63. The molecule has 1 fully saturated rings. The molecular weight excluding hydrogens is 382 g/mol. The molecule has 1 aliphatic heterocycles. The number of carbonyl (C=O) groups excluding carboxylic acids is 3. The van der Waals surface area contributed by atoms with Gasteiger partial charge in [0.2, 0.25) is 11.8 Å². The zero-order chi connectivity index (χ0) is 20.5. The fourth-order valence-electron chi connectivity index (χ4n) is 2.80. The fraction of sp³-hybridized carbons (Fsp3) is 0.526. The average Bonchev–Trinajstić information content (AvgIpc) is 2.73. The van der Waals surface area contributed by atoms with Crippen LogP contribution in [0.1, 0.15) is 6.92 Å². The molecule has 1 heterocycles. The highest BCUT2D eigenvalue weighted by Gasteiger charge is 2.30. The normalized spacial score (nSPS) is 16.6. The van der Waals surface area contributed by atoms with E-state index in [0.29, 0.717) is 36.8 Å². The minimum absolute atomic E-state index is 0.0895. The highest BCUT2D eigenvalue weighted by atomic mass is 32.2. The van der Waals surface area contributed by atoms with Crippen molar-refractivity contribution in [2.45, 2.75) is 12.2 Å². The zero-order valence-electron chi connectivity index (χ0n) is 16.5. The smallest absolute Gasteiger partial charge is 0.320 e. The van der Waals surface area contributed by atoms with E-state index in [0.717, 1.165) is 0 Å². The van der Waals surface area contributed by atoms with Crippen LogP contribution in [0.25, 0.3) is 0 Å². The molecule has 9 heteroatoms. The van der Waals surface area contributed by atoms with E-state index in [4.69, 9.17) is 9.47 Å². The van der Waals surface area contributed by atoms with Crippen molar-refractivity contribution in [3.63, 3.8) is 0 Å². The SMILES string of the molecule is CCN(CC(=O)Nc1ccc(OC)cc1)CC(=O)N1CCS[C@H](C(=O)OC)C1. The maximum atomic E-state index is 12.6. The molecule has 1 saturated heterocycles. The number of carbonyl (C=O) groups is 3. The number of hydrogen-bond donors (Lipinski definition) is 1. The van der Waals surface area contributed by atoms with Crippen LogP contribution in [0.15, 0.2) is 24.3 Å². The maximum Gasteiger partial charge on any atom is 0.320 e. The maximum absolute atomic E-state index is 12.6. The van der Waals surface area contributed by atoms with Crippen LogP contribution in [0.4, 0.5) is 5.69 Å². The molecular formula is C19H27N3O5S. The van der Waals surface area contributed by atoms with Crippen molar-refractivity contribution in [2.24, 2.45) is 0 Å². The zero-order valence-corrected chi connectivity index (χ0v) is 17.3. The minimum Gasteiger partial charge on any atom is -0.497 e. The van der Waals surface area contributed by atoms with Crippen molar-refractivity contribution in [3.05, 3.63) is 24.3 Å². The van der Waals surface area contributed by atoms with Gasteiger partial charge in [-0.15, -0.1) is 11.8 Å². The molecule has 1 aromatic rings. The van der Waals surface area contributed by atoms with Gasteiger partial charge in [0.15, 0.2) is 0 Å². The Morgan fingerprint density at radius 2 is 1.93 bits per heavy atom. The van der Waals surface area contributed by atoms with Crippen LogP contribution in [0.3, 0.4) is 0 Å². The van der Waals surface area contributed by atoms with E-state index < -0.39 is 0 Å². The molecule has 0 unspecified atom stereocenters. The highest BCUT2D eigenvalue weighted by Crippen LogP contribution is 2.20. The number of nitrogens with zero attached hydrogens (tertiary/aromatic N) is 2. The molecule has 0 radical (unpaired) electrons. The molecule has 1 aromatic carbocycles. The van der Waals surface area contributed by atoms with Gasteiger partial charge in [0.25, 0.3) is 0 Å². The number of nitrogens with one attached hydrogen (secondary N) is 1. The van der Waals surface area contributed by atoms with Crippen molar-refractivity contribution >= 4 is 35.2 Å². The van der Waals surface area contributed by atoms with Gasteiger partial charge in [0.05, 0.1) is 27.3 Å². The number of thioether (sulfide) groups is 1. The topological polar surface area (TPSA) is 88.2 Å². The van der Waals surface area contributed by atoms with E-state index in [2.05, 4.69) is 5.32 Å². The second-order valence-electron chi connectivity index (χ2n) is 6.30. The average molecular weight is 410 g/mol. The quantitative estimate of drug-likeness (QED) is 0.643. The van der Waals surface area contributed by atoms with E-state index in [1.54, 1.807) is 41.2 Å². The Morgan fingerprint density at radius 1 is 1.21 bits per heavy atom. The molecule has 2 amide bonds. The number of esters is 1. The van der Waals surface area contributed by atoms with E-state index in [1.807, 2.05) is 6.92 Å². The standard InChI is InChI=1S/C19H27N3O5S/c1-4-21(12-17(23)20-14-5-7-15(26-2)8-6-14)13-18(24)22-9-10-28-16(11-22)19(25)27-3/h5-8,16H,4,9-13H2,1-3H3,(H,20,23)/t16-/m0/s1. The molecule has 0 spiro atoms. The predicted octanol–water partition coefficient (Wildman–Crippen LogP) is 1.07. The van der Waals surface area contributed by atoms with Crippen molar-refractivity contribution in [1.82, 2.24) is 9.80 Å². The third-order valence-corrected chi connectivity index (χ3v) is 5.59. The largest absolute Gasteiger partial charge is 0.497 e. The van der Waals surface area contributed by atoms with Crippen molar-refractivity contribution in [3.8, 4) is 5.75 Å². The van der Waals surface area contributed by atoms with Crippen LogP contribution >= 0.6 is 11.8 Å².